The molecule has 122 valence electrons. The second-order valence-corrected chi connectivity index (χ2v) is 6.55. The summed E-state index contributed by atoms with van der Waals surface area (Å²) in [6, 6.07) is 9.21. The van der Waals surface area contributed by atoms with Gasteiger partial charge in [-0.15, -0.1) is 0 Å². The number of halogens is 1. The highest BCUT2D eigenvalue weighted by atomic mass is 32.2. The number of carboxylic acid groups (broad SMARTS) is 1. The van der Waals surface area contributed by atoms with E-state index < -0.39 is 18.4 Å². The molecule has 0 spiro atoms. The summed E-state index contributed by atoms with van der Waals surface area (Å²) < 4.78 is 18.8. The number of amides is 1. The van der Waals surface area contributed by atoms with Crippen LogP contribution in [-0.4, -0.2) is 32.7 Å². The van der Waals surface area contributed by atoms with Crippen molar-refractivity contribution in [2.45, 2.75) is 0 Å². The molecular formula is C16H10FNO4S2. The molecular weight excluding hydrogens is 353 g/mol. The lowest BCUT2D eigenvalue weighted by molar-refractivity contribution is -0.140. The molecule has 0 aliphatic carbocycles. The van der Waals surface area contributed by atoms with Gasteiger partial charge in [0.1, 0.15) is 28.2 Å². The van der Waals surface area contributed by atoms with Crippen LogP contribution in [0.2, 0.25) is 0 Å². The number of aliphatic carboxylic acids is 1. The Morgan fingerprint density at radius 3 is 2.67 bits per heavy atom. The molecule has 1 aromatic heterocycles. The summed E-state index contributed by atoms with van der Waals surface area (Å²) in [7, 11) is 0. The van der Waals surface area contributed by atoms with Crippen LogP contribution >= 0.6 is 24.0 Å². The predicted octanol–water partition coefficient (Wildman–Crippen LogP) is 3.37. The van der Waals surface area contributed by atoms with Gasteiger partial charge in [-0.3, -0.25) is 14.5 Å². The van der Waals surface area contributed by atoms with Crippen molar-refractivity contribution in [2.24, 2.45) is 0 Å². The molecule has 1 aromatic carbocycles. The van der Waals surface area contributed by atoms with Crippen molar-refractivity contribution in [3.05, 3.63) is 52.9 Å². The molecule has 2 heterocycles. The molecule has 24 heavy (non-hydrogen) atoms. The number of hydrogen-bond acceptors (Lipinski definition) is 5. The fourth-order valence-corrected chi connectivity index (χ4v) is 3.34. The predicted molar refractivity (Wildman–Crippen MR) is 91.6 cm³/mol. The van der Waals surface area contributed by atoms with E-state index in [4.69, 9.17) is 21.7 Å². The van der Waals surface area contributed by atoms with Crippen molar-refractivity contribution < 1.29 is 23.5 Å². The molecule has 0 bridgehead atoms. The van der Waals surface area contributed by atoms with Gasteiger partial charge in [0, 0.05) is 11.6 Å². The third-order valence-corrected chi connectivity index (χ3v) is 4.57. The number of carbonyl (C=O) groups excluding carboxylic acids is 1. The van der Waals surface area contributed by atoms with Crippen molar-refractivity contribution in [1.29, 1.82) is 0 Å². The maximum absolute atomic E-state index is 12.9. The lowest BCUT2D eigenvalue weighted by atomic mass is 10.2. The van der Waals surface area contributed by atoms with Gasteiger partial charge in [0.05, 0.1) is 4.91 Å². The zero-order valence-electron chi connectivity index (χ0n) is 12.1. The van der Waals surface area contributed by atoms with Crippen molar-refractivity contribution in [2.75, 3.05) is 6.54 Å². The van der Waals surface area contributed by atoms with Crippen LogP contribution < -0.4 is 0 Å². The molecule has 2 aromatic rings. The number of carbonyl (C=O) groups is 2. The van der Waals surface area contributed by atoms with Crippen LogP contribution in [0.4, 0.5) is 4.39 Å². The Labute approximate surface area is 145 Å². The van der Waals surface area contributed by atoms with Crippen LogP contribution in [0.15, 0.2) is 45.7 Å². The zero-order chi connectivity index (χ0) is 17.3. The highest BCUT2D eigenvalue weighted by molar-refractivity contribution is 8.26. The molecule has 1 amide bonds. The number of nitrogens with zero attached hydrogens (tertiary/aromatic N) is 1. The highest BCUT2D eigenvalue weighted by Crippen LogP contribution is 2.33. The van der Waals surface area contributed by atoms with Crippen molar-refractivity contribution >= 4 is 46.3 Å². The third kappa shape index (κ3) is 3.39. The molecule has 0 radical (unpaired) electrons. The third-order valence-electron chi connectivity index (χ3n) is 3.20. The first kappa shape index (κ1) is 16.4. The van der Waals surface area contributed by atoms with Crippen LogP contribution in [0.25, 0.3) is 17.4 Å². The lowest BCUT2D eigenvalue weighted by Crippen LogP contribution is -2.33. The number of thioether (sulfide) groups is 1. The number of benzene rings is 1. The summed E-state index contributed by atoms with van der Waals surface area (Å²) in [5.74, 6) is -0.990. The highest BCUT2D eigenvalue weighted by Gasteiger charge is 2.33. The normalized spacial score (nSPS) is 16.2. The standard InChI is InChI=1S/C16H10FNO4S2/c17-10-3-1-9(2-4-10)12-6-5-11(22-12)7-13-15(21)18(8-14(19)20)16(23)24-13/h1-7H,8H2,(H,19,20). The smallest absolute Gasteiger partial charge is 0.323 e. The molecule has 3 rings (SSSR count). The summed E-state index contributed by atoms with van der Waals surface area (Å²) in [4.78, 5) is 24.3. The Bertz CT molecular complexity index is 857. The summed E-state index contributed by atoms with van der Waals surface area (Å²) in [6.07, 6.45) is 1.51. The van der Waals surface area contributed by atoms with E-state index in [9.17, 15) is 14.0 Å². The molecule has 0 saturated carbocycles. The van der Waals surface area contributed by atoms with E-state index >= 15 is 0 Å². The molecule has 1 N–H and O–H groups in total. The average molecular weight is 363 g/mol. The molecule has 0 atom stereocenters. The quantitative estimate of drug-likeness (QED) is 0.663. The minimum absolute atomic E-state index is 0.193. The van der Waals surface area contributed by atoms with Crippen LogP contribution in [0.3, 0.4) is 0 Å². The second-order valence-electron chi connectivity index (χ2n) is 4.87. The molecule has 1 fully saturated rings. The van der Waals surface area contributed by atoms with Gasteiger partial charge in [-0.1, -0.05) is 24.0 Å². The molecule has 0 unspecified atom stereocenters. The van der Waals surface area contributed by atoms with Crippen molar-refractivity contribution in [1.82, 2.24) is 4.90 Å². The maximum atomic E-state index is 12.9. The van der Waals surface area contributed by atoms with Crippen LogP contribution in [0, 0.1) is 5.82 Å². The summed E-state index contributed by atoms with van der Waals surface area (Å²) in [5, 5.41) is 8.81. The number of carboxylic acids is 1. The number of hydrogen-bond donors (Lipinski definition) is 1. The fourth-order valence-electron chi connectivity index (χ4n) is 2.10. The van der Waals surface area contributed by atoms with E-state index in [-0.39, 0.29) is 10.1 Å². The van der Waals surface area contributed by atoms with Gasteiger partial charge in [0.25, 0.3) is 5.91 Å². The van der Waals surface area contributed by atoms with Gasteiger partial charge in [0.15, 0.2) is 0 Å². The van der Waals surface area contributed by atoms with Gasteiger partial charge in [0.2, 0.25) is 0 Å². The fraction of sp³-hybridized carbons (Fsp3) is 0.0625. The summed E-state index contributed by atoms with van der Waals surface area (Å²) >= 11 is 6.04. The minimum atomic E-state index is -1.14. The van der Waals surface area contributed by atoms with E-state index in [0.29, 0.717) is 22.0 Å². The largest absolute Gasteiger partial charge is 0.480 e. The Morgan fingerprint density at radius 2 is 2.00 bits per heavy atom. The van der Waals surface area contributed by atoms with Crippen LogP contribution in [-0.2, 0) is 9.59 Å². The van der Waals surface area contributed by atoms with E-state index in [2.05, 4.69) is 0 Å². The molecule has 1 aliphatic rings. The summed E-state index contributed by atoms with van der Waals surface area (Å²) in [5.41, 5.74) is 0.703. The first-order chi connectivity index (χ1) is 11.4. The number of furan rings is 1. The van der Waals surface area contributed by atoms with Gasteiger partial charge >= 0.3 is 5.97 Å². The number of rotatable bonds is 4. The van der Waals surface area contributed by atoms with E-state index in [1.807, 2.05) is 0 Å². The van der Waals surface area contributed by atoms with Crippen molar-refractivity contribution in [3.8, 4) is 11.3 Å². The van der Waals surface area contributed by atoms with E-state index in [1.165, 1.54) is 18.2 Å². The monoisotopic (exact) mass is 363 g/mol. The van der Waals surface area contributed by atoms with Gasteiger partial charge < -0.3 is 9.52 Å². The minimum Gasteiger partial charge on any atom is -0.480 e. The van der Waals surface area contributed by atoms with Crippen LogP contribution in [0.1, 0.15) is 5.76 Å². The molecule has 5 nitrogen and oxygen atoms in total. The van der Waals surface area contributed by atoms with Gasteiger partial charge in [-0.25, -0.2) is 4.39 Å². The first-order valence-electron chi connectivity index (χ1n) is 6.77. The topological polar surface area (TPSA) is 70.8 Å². The van der Waals surface area contributed by atoms with E-state index in [0.717, 1.165) is 16.7 Å². The molecule has 1 aliphatic heterocycles. The second kappa shape index (κ2) is 6.58. The first-order valence-corrected chi connectivity index (χ1v) is 7.99. The Hall–Kier alpha value is -2.45. The SMILES string of the molecule is O=C(O)CN1C(=O)C(=Cc2ccc(-c3ccc(F)cc3)o2)SC1=S. The van der Waals surface area contributed by atoms with Crippen molar-refractivity contribution in [3.63, 3.8) is 0 Å². The Morgan fingerprint density at radius 1 is 1.29 bits per heavy atom. The Kier molecular flexibility index (Phi) is 4.50. The Balaban J connectivity index is 1.82. The molecule has 1 saturated heterocycles. The average Bonchev–Trinajstić information content (AvgIpc) is 3.09. The number of thiocarbonyl (C=S) groups is 1. The molecule has 8 heteroatoms. The maximum Gasteiger partial charge on any atom is 0.323 e. The lowest BCUT2D eigenvalue weighted by Gasteiger charge is -2.09. The van der Waals surface area contributed by atoms with Crippen LogP contribution in [0.5, 0.6) is 0 Å². The summed E-state index contributed by atoms with van der Waals surface area (Å²) in [6.45, 7) is -0.471. The van der Waals surface area contributed by atoms with Gasteiger partial charge in [-0.05, 0) is 36.4 Å². The van der Waals surface area contributed by atoms with Gasteiger partial charge in [-0.2, -0.15) is 0 Å². The van der Waals surface area contributed by atoms with E-state index in [1.54, 1.807) is 24.3 Å². The zero-order valence-corrected chi connectivity index (χ0v) is 13.7.